The van der Waals surface area contributed by atoms with Crippen molar-refractivity contribution in [2.24, 2.45) is 0 Å². The molecular weight excluding hydrogens is 617 g/mol. The molecule has 0 fully saturated rings. The van der Waals surface area contributed by atoms with Crippen LogP contribution < -0.4 is 0 Å². The second kappa shape index (κ2) is 13.7. The topological polar surface area (TPSA) is 77.3 Å². The van der Waals surface area contributed by atoms with E-state index in [0.29, 0.717) is 0 Å². The molecule has 0 N–H and O–H groups in total. The summed E-state index contributed by atoms with van der Waals surface area (Å²) in [6.45, 7) is 5.25. The molecule has 0 saturated carbocycles. The number of hydrogen-bond acceptors (Lipinski definition) is 8. The van der Waals surface area contributed by atoms with Gasteiger partial charge in [0.05, 0.1) is 26.8 Å². The second-order valence-electron chi connectivity index (χ2n) is 10.5. The Hall–Kier alpha value is -5.70. The minimum atomic E-state index is 0.851. The SMILES string of the molecule is C=CC.c1cncc(-c2ccc(-c3ncc(-c4ccc(-c5cnc(-c6cccc(-c7cccnc7)n6)s5)c5ccccc45)s3)cn2)c1. The Morgan fingerprint density at radius 3 is 1.70 bits per heavy atom. The highest BCUT2D eigenvalue weighted by molar-refractivity contribution is 7.18. The molecule has 0 bridgehead atoms. The first-order valence-corrected chi connectivity index (χ1v) is 16.6. The second-order valence-corrected chi connectivity index (χ2v) is 12.6. The molecule has 47 heavy (non-hydrogen) atoms. The van der Waals surface area contributed by atoms with Crippen LogP contribution in [0.3, 0.4) is 0 Å². The van der Waals surface area contributed by atoms with E-state index in [9.17, 15) is 0 Å². The maximum absolute atomic E-state index is 4.88. The summed E-state index contributed by atoms with van der Waals surface area (Å²) in [5.74, 6) is 0. The Labute approximate surface area is 280 Å². The van der Waals surface area contributed by atoms with Crippen molar-refractivity contribution < 1.29 is 0 Å². The molecule has 2 aromatic carbocycles. The highest BCUT2D eigenvalue weighted by Crippen LogP contribution is 2.41. The van der Waals surface area contributed by atoms with Crippen LogP contribution in [0.15, 0.2) is 147 Å². The van der Waals surface area contributed by atoms with Gasteiger partial charge in [0.1, 0.15) is 10.0 Å². The molecule has 8 aromatic rings. The van der Waals surface area contributed by atoms with E-state index >= 15 is 0 Å². The summed E-state index contributed by atoms with van der Waals surface area (Å²) in [7, 11) is 0. The molecule has 0 aliphatic rings. The van der Waals surface area contributed by atoms with Crippen molar-refractivity contribution in [2.75, 3.05) is 0 Å². The van der Waals surface area contributed by atoms with Gasteiger partial charge in [0.2, 0.25) is 0 Å². The lowest BCUT2D eigenvalue weighted by molar-refractivity contribution is 1.26. The summed E-state index contributed by atoms with van der Waals surface area (Å²) in [6.07, 6.45) is 14.7. The van der Waals surface area contributed by atoms with E-state index in [1.807, 2.05) is 86.4 Å². The number of benzene rings is 2. The van der Waals surface area contributed by atoms with Crippen LogP contribution in [0.5, 0.6) is 0 Å². The van der Waals surface area contributed by atoms with Gasteiger partial charge in [-0.15, -0.1) is 29.3 Å². The van der Waals surface area contributed by atoms with Gasteiger partial charge in [-0.3, -0.25) is 15.0 Å². The molecule has 8 rings (SSSR count). The number of allylic oxidation sites excluding steroid dienone is 1. The number of aromatic nitrogens is 6. The lowest BCUT2D eigenvalue weighted by Crippen LogP contribution is -1.87. The van der Waals surface area contributed by atoms with E-state index in [-0.39, 0.29) is 0 Å². The third-order valence-corrected chi connectivity index (χ3v) is 9.49. The van der Waals surface area contributed by atoms with Crippen molar-refractivity contribution >= 4 is 33.4 Å². The molecule has 0 saturated heterocycles. The minimum Gasteiger partial charge on any atom is -0.264 e. The smallest absolute Gasteiger partial charge is 0.142 e. The molecule has 226 valence electrons. The van der Waals surface area contributed by atoms with Gasteiger partial charge in [0.25, 0.3) is 0 Å². The lowest BCUT2D eigenvalue weighted by atomic mass is 9.98. The van der Waals surface area contributed by atoms with Gasteiger partial charge < -0.3 is 0 Å². The Morgan fingerprint density at radius 1 is 0.511 bits per heavy atom. The van der Waals surface area contributed by atoms with Crippen molar-refractivity contribution in [1.29, 1.82) is 0 Å². The van der Waals surface area contributed by atoms with Crippen molar-refractivity contribution in [1.82, 2.24) is 29.9 Å². The first kappa shape index (κ1) is 30.0. The maximum Gasteiger partial charge on any atom is 0.142 e. The predicted molar refractivity (Wildman–Crippen MR) is 195 cm³/mol. The van der Waals surface area contributed by atoms with Crippen molar-refractivity contribution in [3.05, 3.63) is 147 Å². The van der Waals surface area contributed by atoms with Gasteiger partial charge in [-0.25, -0.2) is 15.0 Å². The average Bonchev–Trinajstić information content (AvgIpc) is 3.84. The number of hydrogen-bond donors (Lipinski definition) is 0. The van der Waals surface area contributed by atoms with Crippen LogP contribution in [-0.4, -0.2) is 29.9 Å². The van der Waals surface area contributed by atoms with Crippen LogP contribution in [0, 0.1) is 0 Å². The van der Waals surface area contributed by atoms with Gasteiger partial charge in [0, 0.05) is 71.2 Å². The first-order valence-electron chi connectivity index (χ1n) is 15.0. The summed E-state index contributed by atoms with van der Waals surface area (Å²) in [4.78, 5) is 29.7. The maximum atomic E-state index is 4.88. The molecular formula is C39H28N6S2. The molecule has 0 atom stereocenters. The largest absolute Gasteiger partial charge is 0.264 e. The zero-order valence-corrected chi connectivity index (χ0v) is 27.1. The van der Waals surface area contributed by atoms with Gasteiger partial charge in [-0.05, 0) is 66.2 Å². The predicted octanol–water partition coefficient (Wildman–Crippen LogP) is 10.5. The van der Waals surface area contributed by atoms with E-state index in [4.69, 9.17) is 15.0 Å². The van der Waals surface area contributed by atoms with Crippen LogP contribution in [0.2, 0.25) is 0 Å². The number of pyridine rings is 4. The molecule has 0 amide bonds. The van der Waals surface area contributed by atoms with E-state index in [1.165, 1.54) is 10.8 Å². The van der Waals surface area contributed by atoms with Crippen molar-refractivity contribution in [2.45, 2.75) is 6.92 Å². The first-order chi connectivity index (χ1) is 23.2. The summed E-state index contributed by atoms with van der Waals surface area (Å²) in [6, 6.07) is 30.9. The Balaban J connectivity index is 0.00000113. The fourth-order valence-electron chi connectivity index (χ4n) is 5.21. The number of rotatable bonds is 6. The summed E-state index contributed by atoms with van der Waals surface area (Å²) in [5.41, 5.74) is 7.90. The molecule has 6 nitrogen and oxygen atoms in total. The van der Waals surface area contributed by atoms with Gasteiger partial charge >= 0.3 is 0 Å². The van der Waals surface area contributed by atoms with Crippen molar-refractivity contribution in [3.8, 4) is 64.7 Å². The number of thiazole rings is 2. The fourth-order valence-corrected chi connectivity index (χ4v) is 7.08. The van der Waals surface area contributed by atoms with E-state index in [0.717, 1.165) is 64.7 Å². The Kier molecular flexibility index (Phi) is 8.77. The van der Waals surface area contributed by atoms with Gasteiger partial charge in [-0.1, -0.05) is 48.5 Å². The zero-order chi connectivity index (χ0) is 32.0. The number of fused-ring (bicyclic) bond motifs is 1. The molecule has 0 aliphatic heterocycles. The molecule has 8 heteroatoms. The van der Waals surface area contributed by atoms with Crippen LogP contribution in [-0.2, 0) is 0 Å². The van der Waals surface area contributed by atoms with Gasteiger partial charge in [-0.2, -0.15) is 0 Å². The quantitative estimate of drug-likeness (QED) is 0.168. The Morgan fingerprint density at radius 2 is 1.11 bits per heavy atom. The lowest BCUT2D eigenvalue weighted by Gasteiger charge is -2.09. The molecule has 0 spiro atoms. The third kappa shape index (κ3) is 6.37. The van der Waals surface area contributed by atoms with E-state index in [2.05, 4.69) is 64.0 Å². The van der Waals surface area contributed by atoms with Gasteiger partial charge in [0.15, 0.2) is 0 Å². The van der Waals surface area contributed by atoms with Crippen LogP contribution in [0.25, 0.3) is 75.4 Å². The summed E-state index contributed by atoms with van der Waals surface area (Å²) < 4.78 is 0. The molecule has 0 unspecified atom stereocenters. The summed E-state index contributed by atoms with van der Waals surface area (Å²) >= 11 is 3.32. The highest BCUT2D eigenvalue weighted by Gasteiger charge is 2.16. The zero-order valence-electron chi connectivity index (χ0n) is 25.5. The minimum absolute atomic E-state index is 0.851. The van der Waals surface area contributed by atoms with Crippen LogP contribution >= 0.6 is 22.7 Å². The molecule has 6 aromatic heterocycles. The summed E-state index contributed by atoms with van der Waals surface area (Å²) in [5, 5.41) is 4.17. The molecule has 0 radical (unpaired) electrons. The highest BCUT2D eigenvalue weighted by atomic mass is 32.1. The molecule has 0 aliphatic carbocycles. The fraction of sp³-hybridized carbons (Fsp3) is 0.0256. The van der Waals surface area contributed by atoms with Crippen LogP contribution in [0.1, 0.15) is 6.92 Å². The number of nitrogens with zero attached hydrogens (tertiary/aromatic N) is 6. The van der Waals surface area contributed by atoms with E-state index in [1.54, 1.807) is 41.1 Å². The molecule has 6 heterocycles. The Bertz CT molecular complexity index is 2280. The van der Waals surface area contributed by atoms with Crippen LogP contribution in [0.4, 0.5) is 0 Å². The standard InChI is InChI=1S/C36H22N6S2.C3H6/c1-2-9-27-26(8-1)28(33-21-40-35(43-33)25-12-15-30(39-20-25)23-6-4-16-37-18-23)13-14-29(27)34-22-41-36(44-34)32-11-3-10-31(42-32)24-7-5-17-38-19-24;1-3-2/h1-22H;3H,1H2,2H3. The average molecular weight is 645 g/mol. The van der Waals surface area contributed by atoms with Crippen molar-refractivity contribution in [3.63, 3.8) is 0 Å². The monoisotopic (exact) mass is 644 g/mol. The normalized spacial score (nSPS) is 10.7. The third-order valence-electron chi connectivity index (χ3n) is 7.36. The van der Waals surface area contributed by atoms with E-state index < -0.39 is 0 Å².